The van der Waals surface area contributed by atoms with Crippen LogP contribution in [-0.2, 0) is 9.53 Å². The van der Waals surface area contributed by atoms with Crippen molar-refractivity contribution in [2.45, 2.75) is 70.3 Å². The van der Waals surface area contributed by atoms with Gasteiger partial charge in [0.05, 0.1) is 0 Å². The smallest absolute Gasteiger partial charge is 0.331 e. The second kappa shape index (κ2) is 5.25. The Kier molecular flexibility index (Phi) is 3.30. The van der Waals surface area contributed by atoms with Crippen molar-refractivity contribution in [2.75, 3.05) is 0 Å². The van der Waals surface area contributed by atoms with E-state index in [-0.39, 0.29) is 17.0 Å². The predicted molar refractivity (Wildman–Crippen MR) is 97.4 cm³/mol. The third-order valence-electron chi connectivity index (χ3n) is 8.37. The van der Waals surface area contributed by atoms with Crippen LogP contribution in [0.3, 0.4) is 0 Å². The maximum Gasteiger partial charge on any atom is 0.331 e. The molecule has 3 unspecified atom stereocenters. The van der Waals surface area contributed by atoms with Crippen LogP contribution in [0.25, 0.3) is 0 Å². The van der Waals surface area contributed by atoms with Crippen molar-refractivity contribution in [3.05, 3.63) is 35.1 Å². The zero-order valence-electron chi connectivity index (χ0n) is 15.2. The summed E-state index contributed by atoms with van der Waals surface area (Å²) >= 11 is 0. The molecular formula is C22H29NO2. The van der Waals surface area contributed by atoms with Gasteiger partial charge in [0.15, 0.2) is 0 Å². The van der Waals surface area contributed by atoms with Gasteiger partial charge in [0.25, 0.3) is 0 Å². The largest absolute Gasteiger partial charge is 0.451 e. The van der Waals surface area contributed by atoms with E-state index in [9.17, 15) is 4.79 Å². The summed E-state index contributed by atoms with van der Waals surface area (Å²) in [6.07, 6.45) is 16.6. The molecule has 0 aromatic heterocycles. The lowest BCUT2D eigenvalue weighted by molar-refractivity contribution is -0.162. The summed E-state index contributed by atoms with van der Waals surface area (Å²) in [7, 11) is 0. The summed E-state index contributed by atoms with van der Waals surface area (Å²) in [5, 5.41) is 0. The molecule has 25 heavy (non-hydrogen) atoms. The first kappa shape index (κ1) is 15.7. The van der Waals surface area contributed by atoms with Gasteiger partial charge in [-0.15, -0.1) is 0 Å². The van der Waals surface area contributed by atoms with Crippen LogP contribution in [0.2, 0.25) is 0 Å². The third kappa shape index (κ3) is 1.96. The molecule has 5 atom stereocenters. The second-order valence-electron chi connectivity index (χ2n) is 8.92. The summed E-state index contributed by atoms with van der Waals surface area (Å²) in [5.74, 6) is 2.09. The Morgan fingerprint density at radius 3 is 2.84 bits per heavy atom. The molecule has 1 heterocycles. The van der Waals surface area contributed by atoms with Crippen LogP contribution >= 0.6 is 0 Å². The predicted octanol–water partition coefficient (Wildman–Crippen LogP) is 4.40. The number of rotatable bonds is 1. The minimum atomic E-state index is -0.306. The fourth-order valence-electron chi connectivity index (χ4n) is 7.37. The lowest BCUT2D eigenvalue weighted by Crippen LogP contribution is -2.52. The first-order valence-corrected chi connectivity index (χ1v) is 10.2. The highest BCUT2D eigenvalue weighted by atomic mass is 16.6. The minimum absolute atomic E-state index is 0.128. The van der Waals surface area contributed by atoms with E-state index in [0.29, 0.717) is 5.92 Å². The van der Waals surface area contributed by atoms with E-state index in [1.807, 2.05) is 0 Å². The lowest BCUT2D eigenvalue weighted by atomic mass is 9.51. The Labute approximate surface area is 150 Å². The van der Waals surface area contributed by atoms with Crippen molar-refractivity contribution >= 4 is 5.97 Å². The van der Waals surface area contributed by atoms with Crippen LogP contribution in [0.5, 0.6) is 0 Å². The number of nitrogens with two attached hydrogens (primary N) is 1. The number of carbonyl (C=O) groups is 1. The van der Waals surface area contributed by atoms with Gasteiger partial charge in [-0.1, -0.05) is 12.5 Å². The maximum atomic E-state index is 11.9. The number of fused-ring (bicyclic) bond motifs is 5. The fraction of sp³-hybridized carbons (Fsp3) is 0.682. The minimum Gasteiger partial charge on any atom is -0.451 e. The molecule has 1 aliphatic heterocycles. The molecule has 0 saturated heterocycles. The van der Waals surface area contributed by atoms with Crippen molar-refractivity contribution in [3.63, 3.8) is 0 Å². The molecule has 0 bridgehead atoms. The number of allylic oxidation sites excluding steroid dienone is 4. The Hall–Kier alpha value is -1.51. The molecular weight excluding hydrogens is 310 g/mol. The van der Waals surface area contributed by atoms with E-state index < -0.39 is 0 Å². The molecule has 2 fully saturated rings. The van der Waals surface area contributed by atoms with Gasteiger partial charge in [-0.3, -0.25) is 0 Å². The van der Waals surface area contributed by atoms with E-state index in [1.54, 1.807) is 17.2 Å². The quantitative estimate of drug-likeness (QED) is 0.721. The van der Waals surface area contributed by atoms with Crippen LogP contribution in [0.1, 0.15) is 64.7 Å². The van der Waals surface area contributed by atoms with Gasteiger partial charge in [0, 0.05) is 17.2 Å². The molecule has 3 nitrogen and oxygen atoms in total. The van der Waals surface area contributed by atoms with Gasteiger partial charge in [-0.25, -0.2) is 4.79 Å². The van der Waals surface area contributed by atoms with Gasteiger partial charge < -0.3 is 10.5 Å². The first-order chi connectivity index (χ1) is 12.1. The highest BCUT2D eigenvalue weighted by Crippen LogP contribution is 2.67. The van der Waals surface area contributed by atoms with Crippen LogP contribution in [-0.4, -0.2) is 11.6 Å². The topological polar surface area (TPSA) is 52.3 Å². The summed E-state index contributed by atoms with van der Waals surface area (Å²) in [5.41, 5.74) is 10.3. The number of carbonyl (C=O) groups excluding carboxylic acids is 1. The molecule has 0 radical (unpaired) electrons. The third-order valence-corrected chi connectivity index (χ3v) is 8.37. The van der Waals surface area contributed by atoms with Crippen molar-refractivity contribution in [1.82, 2.24) is 0 Å². The number of ether oxygens (including phenoxy) is 1. The van der Waals surface area contributed by atoms with Gasteiger partial charge in [-0.05, 0) is 93.3 Å². The molecule has 3 heteroatoms. The zero-order valence-corrected chi connectivity index (χ0v) is 15.2. The molecule has 0 aromatic carbocycles. The normalized spacial score (nSPS) is 45.1. The molecule has 0 aromatic rings. The molecule has 1 spiro atoms. The summed E-state index contributed by atoms with van der Waals surface area (Å²) in [6, 6.07) is 0. The molecule has 5 rings (SSSR count). The number of esters is 1. The zero-order chi connectivity index (χ0) is 17.2. The van der Waals surface area contributed by atoms with Crippen molar-refractivity contribution in [3.8, 4) is 0 Å². The van der Waals surface area contributed by atoms with E-state index in [0.717, 1.165) is 36.8 Å². The maximum absolute atomic E-state index is 11.9. The molecule has 4 aliphatic carbocycles. The van der Waals surface area contributed by atoms with Crippen LogP contribution in [0, 0.1) is 23.2 Å². The summed E-state index contributed by atoms with van der Waals surface area (Å²) < 4.78 is 5.99. The first-order valence-electron chi connectivity index (χ1n) is 10.2. The molecule has 2 N–H and O–H groups in total. The molecule has 0 amide bonds. The number of hydrogen-bond acceptors (Lipinski definition) is 3. The van der Waals surface area contributed by atoms with Crippen molar-refractivity contribution < 1.29 is 9.53 Å². The standard InChI is InChI=1S/C22H29NO2/c1-2-21-10-7-17-16-6-4-15(23)13-14(16)3-5-18(17)19(21)8-11-22(21)12-9-20(24)25-22/h9,12-13,17-19H,2-8,10-11,23H2,1H3/t17?,18?,19?,21-,22+/m0/s1. The van der Waals surface area contributed by atoms with Gasteiger partial charge in [0.2, 0.25) is 0 Å². The Morgan fingerprint density at radius 1 is 1.20 bits per heavy atom. The van der Waals surface area contributed by atoms with Gasteiger partial charge in [-0.2, -0.15) is 0 Å². The molecule has 134 valence electrons. The number of hydrogen-bond donors (Lipinski definition) is 1. The van der Waals surface area contributed by atoms with Crippen LogP contribution in [0.15, 0.2) is 35.1 Å². The average Bonchev–Trinajstić information content (AvgIpc) is 3.16. The lowest BCUT2D eigenvalue weighted by Gasteiger charge is -2.55. The van der Waals surface area contributed by atoms with Crippen LogP contribution in [0.4, 0.5) is 0 Å². The second-order valence-corrected chi connectivity index (χ2v) is 8.92. The Bertz CT molecular complexity index is 718. The van der Waals surface area contributed by atoms with E-state index in [4.69, 9.17) is 10.5 Å². The highest BCUT2D eigenvalue weighted by molar-refractivity contribution is 5.85. The fourth-order valence-corrected chi connectivity index (χ4v) is 7.37. The van der Waals surface area contributed by atoms with E-state index >= 15 is 0 Å². The molecule has 5 aliphatic rings. The summed E-state index contributed by atoms with van der Waals surface area (Å²) in [4.78, 5) is 11.9. The van der Waals surface area contributed by atoms with E-state index in [1.165, 1.54) is 38.5 Å². The van der Waals surface area contributed by atoms with Crippen LogP contribution < -0.4 is 5.73 Å². The van der Waals surface area contributed by atoms with E-state index in [2.05, 4.69) is 19.1 Å². The van der Waals surface area contributed by atoms with Crippen molar-refractivity contribution in [2.24, 2.45) is 28.9 Å². The Morgan fingerprint density at radius 2 is 2.08 bits per heavy atom. The SMILES string of the molecule is CC[C@]12CCC3C4=C(C=C(N)CC4)CCC3C1CC[C@@]21C=CC(=O)O1. The Balaban J connectivity index is 1.52. The van der Waals surface area contributed by atoms with Gasteiger partial charge in [0.1, 0.15) is 5.60 Å². The highest BCUT2D eigenvalue weighted by Gasteiger charge is 2.65. The average molecular weight is 339 g/mol. The van der Waals surface area contributed by atoms with Gasteiger partial charge >= 0.3 is 5.97 Å². The van der Waals surface area contributed by atoms with Crippen molar-refractivity contribution in [1.29, 1.82) is 0 Å². The monoisotopic (exact) mass is 339 g/mol. The summed E-state index contributed by atoms with van der Waals surface area (Å²) in [6.45, 7) is 2.32. The molecule has 2 saturated carbocycles.